The molecule has 0 aliphatic heterocycles. The van der Waals surface area contributed by atoms with Gasteiger partial charge in [0.1, 0.15) is 5.82 Å². The minimum absolute atomic E-state index is 0.129. The van der Waals surface area contributed by atoms with Crippen LogP contribution in [-0.4, -0.2) is 25.4 Å². The minimum atomic E-state index is -0.979. The molecule has 0 saturated carbocycles. The van der Waals surface area contributed by atoms with Crippen LogP contribution in [0.2, 0.25) is 0 Å². The third kappa shape index (κ3) is 2.77. The number of carbonyl (C=O) groups is 1. The van der Waals surface area contributed by atoms with Gasteiger partial charge < -0.3 is 5.11 Å². The van der Waals surface area contributed by atoms with Crippen LogP contribution >= 0.6 is 34.6 Å². The normalized spacial score (nSPS) is 10.6. The van der Waals surface area contributed by atoms with Gasteiger partial charge in [0.2, 0.25) is 5.01 Å². The van der Waals surface area contributed by atoms with Crippen LogP contribution in [0.5, 0.6) is 0 Å². The zero-order chi connectivity index (χ0) is 11.5. The van der Waals surface area contributed by atoms with Crippen LogP contribution in [0.1, 0.15) is 21.3 Å². The molecule has 1 N–H and O–H groups in total. The number of carboxylic acid groups (broad SMARTS) is 1. The van der Waals surface area contributed by atoms with Gasteiger partial charge in [0, 0.05) is 11.1 Å². The highest BCUT2D eigenvalue weighted by atomic mass is 32.2. The van der Waals surface area contributed by atoms with E-state index in [-0.39, 0.29) is 5.01 Å². The molecule has 16 heavy (non-hydrogen) atoms. The predicted molar refractivity (Wildman–Crippen MR) is 63.3 cm³/mol. The van der Waals surface area contributed by atoms with Gasteiger partial charge in [0.15, 0.2) is 4.34 Å². The molecule has 2 heterocycles. The first-order valence-electron chi connectivity index (χ1n) is 4.26. The van der Waals surface area contributed by atoms with E-state index in [0.29, 0.717) is 5.75 Å². The molecule has 0 amide bonds. The molecule has 0 aliphatic rings. The highest BCUT2D eigenvalue weighted by Gasteiger charge is 2.09. The average molecular weight is 273 g/mol. The second-order valence-electron chi connectivity index (χ2n) is 2.85. The number of aromatic nitrogens is 3. The quantitative estimate of drug-likeness (QED) is 0.861. The zero-order valence-corrected chi connectivity index (χ0v) is 10.7. The Hall–Kier alpha value is -0.990. The number of thioether (sulfide) groups is 1. The summed E-state index contributed by atoms with van der Waals surface area (Å²) >= 11 is 4.00. The van der Waals surface area contributed by atoms with Crippen molar-refractivity contribution in [2.24, 2.45) is 0 Å². The van der Waals surface area contributed by atoms with Crippen LogP contribution in [0, 0.1) is 6.92 Å². The molecule has 0 fully saturated rings. The lowest BCUT2D eigenvalue weighted by molar-refractivity contribution is 0.0696. The van der Waals surface area contributed by atoms with Crippen LogP contribution in [0.15, 0.2) is 9.72 Å². The number of aromatic carboxylic acids is 1. The van der Waals surface area contributed by atoms with Gasteiger partial charge in [-0.25, -0.2) is 14.8 Å². The molecular formula is C8H7N3O2S3. The first-order chi connectivity index (χ1) is 7.65. The molecule has 2 rings (SSSR count). The van der Waals surface area contributed by atoms with E-state index >= 15 is 0 Å². The molecule has 84 valence electrons. The minimum Gasteiger partial charge on any atom is -0.476 e. The Labute approximate surface area is 104 Å². The standard InChI is InChI=1S/C8H7N3O2S3/c1-4-9-8(16-11-4)15-3-5-2-14-6(10-5)7(12)13/h2H,3H2,1H3,(H,12,13). The van der Waals surface area contributed by atoms with E-state index in [9.17, 15) is 4.79 Å². The van der Waals surface area contributed by atoms with Crippen LogP contribution in [0.3, 0.4) is 0 Å². The van der Waals surface area contributed by atoms with Gasteiger partial charge >= 0.3 is 5.97 Å². The zero-order valence-electron chi connectivity index (χ0n) is 8.21. The fourth-order valence-electron chi connectivity index (χ4n) is 0.944. The van der Waals surface area contributed by atoms with Crippen molar-refractivity contribution in [3.63, 3.8) is 0 Å². The van der Waals surface area contributed by atoms with Gasteiger partial charge in [-0.15, -0.1) is 11.3 Å². The number of hydrogen-bond donors (Lipinski definition) is 1. The number of nitrogens with zero attached hydrogens (tertiary/aromatic N) is 3. The first-order valence-corrected chi connectivity index (χ1v) is 6.90. The van der Waals surface area contributed by atoms with Gasteiger partial charge in [0.05, 0.1) is 5.69 Å². The Morgan fingerprint density at radius 2 is 2.38 bits per heavy atom. The van der Waals surface area contributed by atoms with E-state index in [1.165, 1.54) is 23.3 Å². The summed E-state index contributed by atoms with van der Waals surface area (Å²) in [7, 11) is 0. The lowest BCUT2D eigenvalue weighted by Gasteiger charge is -1.91. The monoisotopic (exact) mass is 273 g/mol. The van der Waals surface area contributed by atoms with Crippen molar-refractivity contribution in [2.75, 3.05) is 0 Å². The number of aryl methyl sites for hydroxylation is 1. The second-order valence-corrected chi connectivity index (χ2v) is 5.68. The molecular weight excluding hydrogens is 266 g/mol. The summed E-state index contributed by atoms with van der Waals surface area (Å²) in [6.07, 6.45) is 0. The maximum absolute atomic E-state index is 10.6. The molecule has 8 heteroatoms. The lowest BCUT2D eigenvalue weighted by atomic mass is 10.6. The van der Waals surface area contributed by atoms with Gasteiger partial charge in [0.25, 0.3) is 0 Å². The summed E-state index contributed by atoms with van der Waals surface area (Å²) in [6.45, 7) is 1.84. The first kappa shape index (κ1) is 11.5. The van der Waals surface area contributed by atoms with Crippen LogP contribution in [0.25, 0.3) is 0 Å². The number of hydrogen-bond acceptors (Lipinski definition) is 7. The number of rotatable bonds is 4. The Morgan fingerprint density at radius 1 is 1.56 bits per heavy atom. The van der Waals surface area contributed by atoms with Crippen LogP contribution in [-0.2, 0) is 5.75 Å². The third-order valence-electron chi connectivity index (χ3n) is 1.59. The van der Waals surface area contributed by atoms with E-state index in [4.69, 9.17) is 5.11 Å². The molecule has 0 saturated heterocycles. The Bertz CT molecular complexity index is 508. The van der Waals surface area contributed by atoms with Crippen molar-refractivity contribution in [1.29, 1.82) is 0 Å². The average Bonchev–Trinajstić information content (AvgIpc) is 2.83. The van der Waals surface area contributed by atoms with E-state index in [0.717, 1.165) is 27.2 Å². The number of carboxylic acids is 1. The Morgan fingerprint density at radius 3 is 2.94 bits per heavy atom. The van der Waals surface area contributed by atoms with Gasteiger partial charge in [-0.05, 0) is 18.5 Å². The molecule has 0 atom stereocenters. The fraction of sp³-hybridized carbons (Fsp3) is 0.250. The molecule has 2 aromatic heterocycles. The predicted octanol–water partition coefficient (Wildman–Crippen LogP) is 2.29. The fourth-order valence-corrected chi connectivity index (χ4v) is 3.24. The van der Waals surface area contributed by atoms with E-state index in [2.05, 4.69) is 14.3 Å². The molecule has 0 bridgehead atoms. The smallest absolute Gasteiger partial charge is 0.365 e. The van der Waals surface area contributed by atoms with E-state index in [1.807, 2.05) is 6.92 Å². The maximum Gasteiger partial charge on any atom is 0.365 e. The molecule has 0 radical (unpaired) electrons. The van der Waals surface area contributed by atoms with Crippen molar-refractivity contribution in [3.8, 4) is 0 Å². The van der Waals surface area contributed by atoms with Crippen molar-refractivity contribution < 1.29 is 9.90 Å². The summed E-state index contributed by atoms with van der Waals surface area (Å²) in [5, 5.41) is 10.6. The number of thiazole rings is 1. The van der Waals surface area contributed by atoms with Gasteiger partial charge in [-0.2, -0.15) is 4.37 Å². The van der Waals surface area contributed by atoms with Gasteiger partial charge in [-0.1, -0.05) is 11.8 Å². The Kier molecular flexibility index (Phi) is 3.52. The van der Waals surface area contributed by atoms with Crippen molar-refractivity contribution in [1.82, 2.24) is 14.3 Å². The summed E-state index contributed by atoms with van der Waals surface area (Å²) in [5.41, 5.74) is 0.764. The highest BCUT2D eigenvalue weighted by molar-refractivity contribution is 8.00. The largest absolute Gasteiger partial charge is 0.476 e. The SMILES string of the molecule is Cc1nsc(SCc2csc(C(=O)O)n2)n1. The molecule has 2 aromatic rings. The second kappa shape index (κ2) is 4.89. The Balaban J connectivity index is 1.97. The topological polar surface area (TPSA) is 76.0 Å². The molecule has 5 nitrogen and oxygen atoms in total. The lowest BCUT2D eigenvalue weighted by Crippen LogP contribution is -1.94. The molecule has 0 aromatic carbocycles. The van der Waals surface area contributed by atoms with Crippen LogP contribution < -0.4 is 0 Å². The molecule has 0 unspecified atom stereocenters. The summed E-state index contributed by atoms with van der Waals surface area (Å²) in [4.78, 5) is 18.8. The van der Waals surface area contributed by atoms with Crippen molar-refractivity contribution in [2.45, 2.75) is 17.0 Å². The van der Waals surface area contributed by atoms with Gasteiger partial charge in [-0.3, -0.25) is 0 Å². The molecule has 0 aliphatic carbocycles. The van der Waals surface area contributed by atoms with Crippen molar-refractivity contribution in [3.05, 3.63) is 21.9 Å². The van der Waals surface area contributed by atoms with E-state index in [1.54, 1.807) is 5.38 Å². The van der Waals surface area contributed by atoms with E-state index < -0.39 is 5.97 Å². The highest BCUT2D eigenvalue weighted by Crippen LogP contribution is 2.24. The third-order valence-corrected chi connectivity index (χ3v) is 4.42. The molecule has 0 spiro atoms. The summed E-state index contributed by atoms with van der Waals surface area (Å²) in [5.74, 6) is 0.406. The summed E-state index contributed by atoms with van der Waals surface area (Å²) in [6, 6.07) is 0. The van der Waals surface area contributed by atoms with Crippen LogP contribution in [0.4, 0.5) is 0 Å². The van der Waals surface area contributed by atoms with Crippen molar-refractivity contribution >= 4 is 40.6 Å². The summed E-state index contributed by atoms with van der Waals surface area (Å²) < 4.78 is 4.94. The maximum atomic E-state index is 10.6.